The van der Waals surface area contributed by atoms with Gasteiger partial charge in [0, 0.05) is 24.7 Å². The van der Waals surface area contributed by atoms with Gasteiger partial charge in [0.15, 0.2) is 0 Å². The van der Waals surface area contributed by atoms with Crippen LogP contribution in [-0.4, -0.2) is 40.5 Å². The van der Waals surface area contributed by atoms with Crippen molar-refractivity contribution in [3.63, 3.8) is 0 Å². The van der Waals surface area contributed by atoms with Gasteiger partial charge in [-0.2, -0.15) is 0 Å². The minimum absolute atomic E-state index is 0.0158. The second-order valence-corrected chi connectivity index (χ2v) is 5.46. The smallest absolute Gasteiger partial charge is 0.305 e. The molecule has 2 aliphatic rings. The lowest BCUT2D eigenvalue weighted by Gasteiger charge is -2.25. The van der Waals surface area contributed by atoms with E-state index in [9.17, 15) is 9.59 Å². The molecule has 1 saturated carbocycles. The SMILES string of the molecule is O=C(O)CCN(C(=O)[C@@H]1Cc2ccccc2N1)C1CC1. The minimum atomic E-state index is -0.855. The summed E-state index contributed by atoms with van der Waals surface area (Å²) in [6.45, 7) is 0.313. The van der Waals surface area contributed by atoms with Crippen molar-refractivity contribution in [2.24, 2.45) is 0 Å². The van der Waals surface area contributed by atoms with E-state index in [-0.39, 0.29) is 24.4 Å². The van der Waals surface area contributed by atoms with Gasteiger partial charge in [-0.25, -0.2) is 0 Å². The molecular formula is C15H18N2O3. The molecule has 1 heterocycles. The zero-order valence-corrected chi connectivity index (χ0v) is 11.2. The molecule has 1 atom stereocenters. The molecule has 0 saturated heterocycles. The molecule has 0 unspecified atom stereocenters. The van der Waals surface area contributed by atoms with E-state index in [0.29, 0.717) is 13.0 Å². The van der Waals surface area contributed by atoms with E-state index in [4.69, 9.17) is 5.11 Å². The average Bonchev–Trinajstić information content (AvgIpc) is 3.16. The minimum Gasteiger partial charge on any atom is -0.481 e. The van der Waals surface area contributed by atoms with Crippen molar-refractivity contribution >= 4 is 17.6 Å². The maximum absolute atomic E-state index is 12.6. The Balaban J connectivity index is 1.67. The Kier molecular flexibility index (Phi) is 3.34. The van der Waals surface area contributed by atoms with Crippen LogP contribution in [0.15, 0.2) is 24.3 Å². The molecule has 5 nitrogen and oxygen atoms in total. The Labute approximate surface area is 117 Å². The van der Waals surface area contributed by atoms with Crippen molar-refractivity contribution in [2.75, 3.05) is 11.9 Å². The van der Waals surface area contributed by atoms with Gasteiger partial charge in [0.25, 0.3) is 0 Å². The Morgan fingerprint density at radius 3 is 2.70 bits per heavy atom. The molecule has 1 aromatic rings. The zero-order chi connectivity index (χ0) is 14.1. The van der Waals surface area contributed by atoms with Crippen LogP contribution in [-0.2, 0) is 16.0 Å². The maximum atomic E-state index is 12.6. The summed E-state index contributed by atoms with van der Waals surface area (Å²) in [7, 11) is 0. The van der Waals surface area contributed by atoms with Gasteiger partial charge in [-0.1, -0.05) is 18.2 Å². The fraction of sp³-hybridized carbons (Fsp3) is 0.467. The van der Waals surface area contributed by atoms with E-state index in [1.165, 1.54) is 0 Å². The van der Waals surface area contributed by atoms with Crippen LogP contribution in [0.1, 0.15) is 24.8 Å². The Morgan fingerprint density at radius 1 is 1.30 bits per heavy atom. The van der Waals surface area contributed by atoms with Crippen LogP contribution in [0.25, 0.3) is 0 Å². The quantitative estimate of drug-likeness (QED) is 0.853. The molecule has 1 fully saturated rings. The van der Waals surface area contributed by atoms with Crippen LogP contribution in [0.4, 0.5) is 5.69 Å². The van der Waals surface area contributed by atoms with Crippen LogP contribution >= 0.6 is 0 Å². The van der Waals surface area contributed by atoms with E-state index in [2.05, 4.69) is 5.32 Å². The highest BCUT2D eigenvalue weighted by Gasteiger charge is 2.37. The summed E-state index contributed by atoms with van der Waals surface area (Å²) in [5.41, 5.74) is 2.17. The number of para-hydroxylation sites is 1. The first-order valence-corrected chi connectivity index (χ1v) is 7.02. The third kappa shape index (κ3) is 2.61. The molecule has 20 heavy (non-hydrogen) atoms. The van der Waals surface area contributed by atoms with Crippen LogP contribution in [0.3, 0.4) is 0 Å². The molecule has 0 bridgehead atoms. The molecule has 1 aliphatic carbocycles. The lowest BCUT2D eigenvalue weighted by atomic mass is 10.1. The first-order chi connectivity index (χ1) is 9.65. The van der Waals surface area contributed by atoms with E-state index in [1.807, 2.05) is 24.3 Å². The van der Waals surface area contributed by atoms with Crippen molar-refractivity contribution in [1.29, 1.82) is 0 Å². The third-order valence-corrected chi connectivity index (χ3v) is 3.91. The van der Waals surface area contributed by atoms with E-state index in [1.54, 1.807) is 4.90 Å². The van der Waals surface area contributed by atoms with E-state index < -0.39 is 5.97 Å². The summed E-state index contributed by atoms with van der Waals surface area (Å²) in [5.74, 6) is -0.823. The van der Waals surface area contributed by atoms with Gasteiger partial charge in [0.2, 0.25) is 5.91 Å². The second kappa shape index (κ2) is 5.15. The van der Waals surface area contributed by atoms with Crippen LogP contribution in [0, 0.1) is 0 Å². The molecule has 5 heteroatoms. The van der Waals surface area contributed by atoms with Crippen molar-refractivity contribution in [2.45, 2.75) is 37.8 Å². The van der Waals surface area contributed by atoms with E-state index >= 15 is 0 Å². The number of benzene rings is 1. The van der Waals surface area contributed by atoms with Crippen molar-refractivity contribution in [3.8, 4) is 0 Å². The molecule has 3 rings (SSSR count). The summed E-state index contributed by atoms with van der Waals surface area (Å²) in [4.78, 5) is 25.0. The molecule has 0 aromatic heterocycles. The molecule has 0 radical (unpaired) electrons. The standard InChI is InChI=1S/C15H18N2O3/c18-14(19)7-8-17(11-5-6-11)15(20)13-9-10-3-1-2-4-12(10)16-13/h1-4,11,13,16H,5-9H2,(H,18,19)/t13-/m0/s1. The van der Waals surface area contributed by atoms with Gasteiger partial charge in [0.1, 0.15) is 6.04 Å². The fourth-order valence-corrected chi connectivity index (χ4v) is 2.72. The van der Waals surface area contributed by atoms with Crippen LogP contribution in [0.2, 0.25) is 0 Å². The number of rotatable bonds is 5. The Bertz CT molecular complexity index is 515. The molecule has 2 N–H and O–H groups in total. The monoisotopic (exact) mass is 274 g/mol. The summed E-state index contributed by atoms with van der Waals surface area (Å²) in [5, 5.41) is 12.0. The highest BCUT2D eigenvalue weighted by Crippen LogP contribution is 2.31. The summed E-state index contributed by atoms with van der Waals surface area (Å²) in [6.07, 6.45) is 2.68. The van der Waals surface area contributed by atoms with Gasteiger partial charge in [-0.3, -0.25) is 9.59 Å². The summed E-state index contributed by atoms with van der Waals surface area (Å²) in [6, 6.07) is 7.91. The number of hydrogen-bond acceptors (Lipinski definition) is 3. The van der Waals surface area contributed by atoms with Gasteiger partial charge in [-0.05, 0) is 24.5 Å². The molecule has 1 aromatic carbocycles. The van der Waals surface area contributed by atoms with Gasteiger partial charge >= 0.3 is 5.97 Å². The number of carbonyl (C=O) groups excluding carboxylic acids is 1. The number of anilines is 1. The Morgan fingerprint density at radius 2 is 2.05 bits per heavy atom. The largest absolute Gasteiger partial charge is 0.481 e. The van der Waals surface area contributed by atoms with Gasteiger partial charge in [0.05, 0.1) is 6.42 Å². The van der Waals surface area contributed by atoms with Crippen molar-refractivity contribution in [3.05, 3.63) is 29.8 Å². The van der Waals surface area contributed by atoms with E-state index in [0.717, 1.165) is 24.1 Å². The number of carboxylic acid groups (broad SMARTS) is 1. The predicted octanol–water partition coefficient (Wildman–Crippen LogP) is 1.49. The van der Waals surface area contributed by atoms with Gasteiger partial charge in [-0.15, -0.1) is 0 Å². The highest BCUT2D eigenvalue weighted by atomic mass is 16.4. The first-order valence-electron chi connectivity index (χ1n) is 7.02. The van der Waals surface area contributed by atoms with Crippen molar-refractivity contribution in [1.82, 2.24) is 4.90 Å². The average molecular weight is 274 g/mol. The maximum Gasteiger partial charge on any atom is 0.305 e. The third-order valence-electron chi connectivity index (χ3n) is 3.91. The summed E-state index contributed by atoms with van der Waals surface area (Å²) >= 11 is 0. The number of carboxylic acids is 1. The zero-order valence-electron chi connectivity index (χ0n) is 11.2. The van der Waals surface area contributed by atoms with Crippen molar-refractivity contribution < 1.29 is 14.7 Å². The predicted molar refractivity (Wildman–Crippen MR) is 74.5 cm³/mol. The van der Waals surface area contributed by atoms with Gasteiger partial charge < -0.3 is 15.3 Å². The van der Waals surface area contributed by atoms with Crippen LogP contribution < -0.4 is 5.32 Å². The number of nitrogens with one attached hydrogen (secondary N) is 1. The number of carbonyl (C=O) groups is 2. The molecule has 1 amide bonds. The molecule has 1 aliphatic heterocycles. The fourth-order valence-electron chi connectivity index (χ4n) is 2.72. The number of aliphatic carboxylic acids is 1. The molecule has 0 spiro atoms. The highest BCUT2D eigenvalue weighted by molar-refractivity contribution is 5.88. The number of amides is 1. The second-order valence-electron chi connectivity index (χ2n) is 5.46. The topological polar surface area (TPSA) is 69.6 Å². The molecule has 106 valence electrons. The van der Waals surface area contributed by atoms with Crippen LogP contribution in [0.5, 0.6) is 0 Å². The number of hydrogen-bond donors (Lipinski definition) is 2. The number of nitrogens with zero attached hydrogens (tertiary/aromatic N) is 1. The Hall–Kier alpha value is -2.04. The number of fused-ring (bicyclic) bond motifs is 1. The molecular weight excluding hydrogens is 256 g/mol. The lowest BCUT2D eigenvalue weighted by Crippen LogP contribution is -2.44. The normalized spacial score (nSPS) is 20.1. The summed E-state index contributed by atoms with van der Waals surface area (Å²) < 4.78 is 0. The first kappa shape index (κ1) is 13.0. The lowest BCUT2D eigenvalue weighted by molar-refractivity contribution is -0.138.